The molecule has 0 saturated carbocycles. The standard InChI is InChI=1S/C18H15BrN4O/c19-15-5-3-14(4-6-15)18(24)23-17-8-7-16(12-22-17)21-11-13-2-1-9-20-10-13/h1-10,12,21H,11H2,(H,22,23,24). The number of benzene rings is 1. The van der Waals surface area contributed by atoms with Crippen LogP contribution in [0.5, 0.6) is 0 Å². The molecule has 2 N–H and O–H groups in total. The number of rotatable bonds is 5. The van der Waals surface area contributed by atoms with Crippen molar-refractivity contribution in [2.24, 2.45) is 0 Å². The average Bonchev–Trinajstić information content (AvgIpc) is 2.62. The number of nitrogens with one attached hydrogen (secondary N) is 2. The van der Waals surface area contributed by atoms with E-state index in [1.807, 2.05) is 36.5 Å². The molecule has 2 heterocycles. The molecule has 1 amide bonds. The molecule has 0 fully saturated rings. The molecule has 1 aromatic carbocycles. The number of anilines is 2. The zero-order valence-corrected chi connectivity index (χ0v) is 14.3. The third kappa shape index (κ3) is 4.39. The van der Waals surface area contributed by atoms with Gasteiger partial charge in [-0.2, -0.15) is 0 Å². The van der Waals surface area contributed by atoms with Crippen LogP contribution in [0.15, 0.2) is 71.6 Å². The Morgan fingerprint density at radius 3 is 2.54 bits per heavy atom. The van der Waals surface area contributed by atoms with E-state index in [9.17, 15) is 4.79 Å². The van der Waals surface area contributed by atoms with E-state index in [1.54, 1.807) is 30.6 Å². The van der Waals surface area contributed by atoms with E-state index in [0.29, 0.717) is 17.9 Å². The number of amides is 1. The van der Waals surface area contributed by atoms with Crippen LogP contribution in [0.2, 0.25) is 0 Å². The van der Waals surface area contributed by atoms with Crippen molar-refractivity contribution in [2.45, 2.75) is 6.54 Å². The monoisotopic (exact) mass is 382 g/mol. The zero-order valence-electron chi connectivity index (χ0n) is 12.7. The molecule has 0 bridgehead atoms. The minimum Gasteiger partial charge on any atom is -0.380 e. The van der Waals surface area contributed by atoms with Crippen LogP contribution in [0.4, 0.5) is 11.5 Å². The third-order valence-corrected chi connectivity index (χ3v) is 3.86. The lowest BCUT2D eigenvalue weighted by Gasteiger charge is -2.08. The second-order valence-electron chi connectivity index (χ2n) is 5.11. The van der Waals surface area contributed by atoms with Crippen LogP contribution < -0.4 is 10.6 Å². The second kappa shape index (κ2) is 7.70. The molecule has 6 heteroatoms. The van der Waals surface area contributed by atoms with Gasteiger partial charge in [-0.05, 0) is 48.0 Å². The zero-order chi connectivity index (χ0) is 16.8. The number of nitrogens with zero attached hydrogens (tertiary/aromatic N) is 2. The van der Waals surface area contributed by atoms with Gasteiger partial charge in [-0.15, -0.1) is 0 Å². The van der Waals surface area contributed by atoms with Crippen LogP contribution >= 0.6 is 15.9 Å². The molecule has 3 aromatic rings. The first-order valence-electron chi connectivity index (χ1n) is 7.36. The molecule has 0 saturated heterocycles. The lowest BCUT2D eigenvalue weighted by atomic mass is 10.2. The van der Waals surface area contributed by atoms with Crippen molar-refractivity contribution in [3.8, 4) is 0 Å². The second-order valence-corrected chi connectivity index (χ2v) is 6.02. The van der Waals surface area contributed by atoms with E-state index in [4.69, 9.17) is 0 Å². The molecular formula is C18H15BrN4O. The van der Waals surface area contributed by atoms with Gasteiger partial charge in [0.25, 0.3) is 5.91 Å². The van der Waals surface area contributed by atoms with Crippen LogP contribution in [0.1, 0.15) is 15.9 Å². The molecule has 0 aliphatic heterocycles. The fourth-order valence-electron chi connectivity index (χ4n) is 2.07. The maximum absolute atomic E-state index is 12.1. The summed E-state index contributed by atoms with van der Waals surface area (Å²) in [6, 6.07) is 14.7. The van der Waals surface area contributed by atoms with Gasteiger partial charge >= 0.3 is 0 Å². The number of aromatic nitrogens is 2. The number of pyridine rings is 2. The molecule has 0 atom stereocenters. The summed E-state index contributed by atoms with van der Waals surface area (Å²) in [6.45, 7) is 0.667. The Balaban J connectivity index is 1.58. The summed E-state index contributed by atoms with van der Waals surface area (Å²) in [6.07, 6.45) is 5.24. The molecule has 0 radical (unpaired) electrons. The van der Waals surface area contributed by atoms with Gasteiger partial charge in [0.1, 0.15) is 5.82 Å². The Morgan fingerprint density at radius 2 is 1.88 bits per heavy atom. The molecule has 0 spiro atoms. The minimum atomic E-state index is -0.189. The van der Waals surface area contributed by atoms with Crippen LogP contribution in [0.25, 0.3) is 0 Å². The highest BCUT2D eigenvalue weighted by Gasteiger charge is 2.06. The molecule has 0 aliphatic rings. The topological polar surface area (TPSA) is 66.9 Å². The van der Waals surface area contributed by atoms with E-state index in [-0.39, 0.29) is 5.91 Å². The summed E-state index contributed by atoms with van der Waals surface area (Å²) in [5.74, 6) is 0.320. The van der Waals surface area contributed by atoms with Crippen molar-refractivity contribution in [1.82, 2.24) is 9.97 Å². The fourth-order valence-corrected chi connectivity index (χ4v) is 2.33. The fraction of sp³-hybridized carbons (Fsp3) is 0.0556. The predicted molar refractivity (Wildman–Crippen MR) is 97.9 cm³/mol. The van der Waals surface area contributed by atoms with E-state index in [1.165, 1.54) is 0 Å². The van der Waals surface area contributed by atoms with Crippen molar-refractivity contribution >= 4 is 33.3 Å². The Hall–Kier alpha value is -2.73. The van der Waals surface area contributed by atoms with Crippen molar-refractivity contribution in [3.63, 3.8) is 0 Å². The summed E-state index contributed by atoms with van der Waals surface area (Å²) < 4.78 is 0.932. The largest absolute Gasteiger partial charge is 0.380 e. The van der Waals surface area contributed by atoms with Gasteiger partial charge in [0.15, 0.2) is 0 Å². The molecule has 2 aromatic heterocycles. The Bertz CT molecular complexity index is 805. The molecule has 24 heavy (non-hydrogen) atoms. The number of hydrogen-bond acceptors (Lipinski definition) is 4. The molecule has 120 valence electrons. The number of halogens is 1. The van der Waals surface area contributed by atoms with Crippen molar-refractivity contribution < 1.29 is 4.79 Å². The van der Waals surface area contributed by atoms with Crippen molar-refractivity contribution in [2.75, 3.05) is 10.6 Å². The first-order chi connectivity index (χ1) is 11.7. The van der Waals surface area contributed by atoms with E-state index < -0.39 is 0 Å². The summed E-state index contributed by atoms with van der Waals surface area (Å²) in [4.78, 5) is 20.5. The quantitative estimate of drug-likeness (QED) is 0.696. The maximum Gasteiger partial charge on any atom is 0.256 e. The normalized spacial score (nSPS) is 10.2. The smallest absolute Gasteiger partial charge is 0.256 e. The highest BCUT2D eigenvalue weighted by Crippen LogP contribution is 2.14. The number of carbonyl (C=O) groups excluding carboxylic acids is 1. The van der Waals surface area contributed by atoms with Gasteiger partial charge < -0.3 is 10.6 Å². The van der Waals surface area contributed by atoms with Gasteiger partial charge in [-0.1, -0.05) is 22.0 Å². The van der Waals surface area contributed by atoms with Gasteiger partial charge in [0.2, 0.25) is 0 Å². The molecule has 5 nitrogen and oxygen atoms in total. The molecule has 3 rings (SSSR count). The SMILES string of the molecule is O=C(Nc1ccc(NCc2cccnc2)cn1)c1ccc(Br)cc1. The molecule has 0 aliphatic carbocycles. The van der Waals surface area contributed by atoms with E-state index >= 15 is 0 Å². The Morgan fingerprint density at radius 1 is 1.04 bits per heavy atom. The Labute approximate surface area is 148 Å². The first-order valence-corrected chi connectivity index (χ1v) is 8.16. The maximum atomic E-state index is 12.1. The third-order valence-electron chi connectivity index (χ3n) is 3.33. The number of hydrogen-bond donors (Lipinski definition) is 2. The molecule has 0 unspecified atom stereocenters. The van der Waals surface area contributed by atoms with E-state index in [0.717, 1.165) is 15.7 Å². The highest BCUT2D eigenvalue weighted by atomic mass is 79.9. The lowest BCUT2D eigenvalue weighted by molar-refractivity contribution is 0.102. The van der Waals surface area contributed by atoms with Gasteiger partial charge in [-0.3, -0.25) is 9.78 Å². The summed E-state index contributed by atoms with van der Waals surface area (Å²) in [7, 11) is 0. The summed E-state index contributed by atoms with van der Waals surface area (Å²) in [5, 5.41) is 6.03. The lowest BCUT2D eigenvalue weighted by Crippen LogP contribution is -2.12. The first kappa shape index (κ1) is 16.1. The van der Waals surface area contributed by atoms with Crippen molar-refractivity contribution in [1.29, 1.82) is 0 Å². The predicted octanol–water partition coefficient (Wildman–Crippen LogP) is 4.10. The Kier molecular flexibility index (Phi) is 5.18. The van der Waals surface area contributed by atoms with Gasteiger partial charge in [0, 0.05) is 29.0 Å². The van der Waals surface area contributed by atoms with E-state index in [2.05, 4.69) is 36.5 Å². The van der Waals surface area contributed by atoms with Crippen molar-refractivity contribution in [3.05, 3.63) is 82.7 Å². The minimum absolute atomic E-state index is 0.189. The summed E-state index contributed by atoms with van der Waals surface area (Å²) >= 11 is 3.35. The van der Waals surface area contributed by atoms with Crippen LogP contribution in [0, 0.1) is 0 Å². The van der Waals surface area contributed by atoms with Gasteiger partial charge in [0.05, 0.1) is 11.9 Å². The average molecular weight is 383 g/mol. The molecular weight excluding hydrogens is 368 g/mol. The highest BCUT2D eigenvalue weighted by molar-refractivity contribution is 9.10. The number of carbonyl (C=O) groups is 1. The van der Waals surface area contributed by atoms with Crippen LogP contribution in [0.3, 0.4) is 0 Å². The van der Waals surface area contributed by atoms with Gasteiger partial charge in [-0.25, -0.2) is 4.98 Å². The van der Waals surface area contributed by atoms with Crippen LogP contribution in [-0.4, -0.2) is 15.9 Å². The summed E-state index contributed by atoms with van der Waals surface area (Å²) in [5.41, 5.74) is 2.55. The van der Waals surface area contributed by atoms with Crippen LogP contribution in [-0.2, 0) is 6.54 Å².